The van der Waals surface area contributed by atoms with Crippen molar-refractivity contribution in [3.8, 4) is 0 Å². The highest BCUT2D eigenvalue weighted by molar-refractivity contribution is 5.18. The van der Waals surface area contributed by atoms with Gasteiger partial charge in [-0.2, -0.15) is 0 Å². The molecule has 0 radical (unpaired) electrons. The van der Waals surface area contributed by atoms with Gasteiger partial charge in [0.25, 0.3) is 0 Å². The molecule has 1 aliphatic rings. The van der Waals surface area contributed by atoms with Crippen LogP contribution in [-0.2, 0) is 4.74 Å². The number of hydrogen-bond donors (Lipinski definition) is 0. The van der Waals surface area contributed by atoms with Gasteiger partial charge in [0.05, 0.1) is 25.0 Å². The molecule has 1 atom stereocenters. The minimum Gasteiger partial charge on any atom is -0.370 e. The second-order valence-corrected chi connectivity index (χ2v) is 3.26. The van der Waals surface area contributed by atoms with Crippen LogP contribution in [0.15, 0.2) is 35.6 Å². The molecule has 1 aliphatic heterocycles. The predicted molar refractivity (Wildman–Crippen MR) is 52.5 cm³/mol. The average Bonchev–Trinajstić information content (AvgIpc) is 2.30. The van der Waals surface area contributed by atoms with Crippen LogP contribution >= 0.6 is 0 Å². The lowest BCUT2D eigenvalue weighted by atomic mass is 10.1. The summed E-state index contributed by atoms with van der Waals surface area (Å²) in [5, 5.41) is 4.43. The molecule has 1 aromatic rings. The molecule has 1 heterocycles. The van der Waals surface area contributed by atoms with Gasteiger partial charge in [-0.1, -0.05) is 30.3 Å². The number of nitroso groups, excluding NO2 is 1. The van der Waals surface area contributed by atoms with Crippen LogP contribution in [0, 0.1) is 4.91 Å². The maximum Gasteiger partial charge on any atom is 0.102 e. The number of morpholine rings is 1. The fraction of sp³-hybridized carbons (Fsp3) is 0.400. The molecule has 1 unspecified atom stereocenters. The molecule has 2 rings (SSSR count). The SMILES string of the molecule is O=NN1CCOC(c2ccccc2)C1. The summed E-state index contributed by atoms with van der Waals surface area (Å²) in [5.74, 6) is 0. The van der Waals surface area contributed by atoms with E-state index in [0.29, 0.717) is 19.7 Å². The van der Waals surface area contributed by atoms with E-state index < -0.39 is 0 Å². The highest BCUT2D eigenvalue weighted by atomic mass is 16.5. The Morgan fingerprint density at radius 1 is 1.36 bits per heavy atom. The molecule has 0 amide bonds. The largest absolute Gasteiger partial charge is 0.370 e. The van der Waals surface area contributed by atoms with E-state index >= 15 is 0 Å². The number of ether oxygens (including phenoxy) is 1. The summed E-state index contributed by atoms with van der Waals surface area (Å²) >= 11 is 0. The van der Waals surface area contributed by atoms with E-state index in [1.165, 1.54) is 5.01 Å². The standard InChI is InChI=1S/C10H12N2O2/c13-11-12-6-7-14-10(8-12)9-4-2-1-3-5-9/h1-5,10H,6-8H2. The normalized spacial score (nSPS) is 22.0. The first-order chi connectivity index (χ1) is 6.90. The van der Waals surface area contributed by atoms with Gasteiger partial charge in [-0.15, -0.1) is 4.91 Å². The van der Waals surface area contributed by atoms with Crippen LogP contribution < -0.4 is 0 Å². The van der Waals surface area contributed by atoms with E-state index in [0.717, 1.165) is 5.56 Å². The Hall–Kier alpha value is -1.42. The lowest BCUT2D eigenvalue weighted by Gasteiger charge is -2.28. The van der Waals surface area contributed by atoms with E-state index in [4.69, 9.17) is 4.74 Å². The van der Waals surface area contributed by atoms with Crippen LogP contribution in [0.5, 0.6) is 0 Å². The lowest BCUT2D eigenvalue weighted by Crippen LogP contribution is -2.34. The minimum absolute atomic E-state index is 0.0253. The van der Waals surface area contributed by atoms with E-state index in [9.17, 15) is 4.91 Å². The molecule has 14 heavy (non-hydrogen) atoms. The highest BCUT2D eigenvalue weighted by Crippen LogP contribution is 2.21. The van der Waals surface area contributed by atoms with Gasteiger partial charge < -0.3 is 4.74 Å². The first kappa shape index (κ1) is 9.15. The fourth-order valence-electron chi connectivity index (χ4n) is 1.58. The smallest absolute Gasteiger partial charge is 0.102 e. The maximum atomic E-state index is 10.4. The highest BCUT2D eigenvalue weighted by Gasteiger charge is 2.21. The van der Waals surface area contributed by atoms with E-state index in [2.05, 4.69) is 5.29 Å². The van der Waals surface area contributed by atoms with Gasteiger partial charge >= 0.3 is 0 Å². The van der Waals surface area contributed by atoms with Crippen molar-refractivity contribution in [1.29, 1.82) is 0 Å². The quantitative estimate of drug-likeness (QED) is 0.670. The van der Waals surface area contributed by atoms with Gasteiger partial charge in [0, 0.05) is 0 Å². The second-order valence-electron chi connectivity index (χ2n) is 3.26. The summed E-state index contributed by atoms with van der Waals surface area (Å²) in [4.78, 5) is 10.4. The number of rotatable bonds is 2. The number of nitrogens with zero attached hydrogens (tertiary/aromatic N) is 2. The van der Waals surface area contributed by atoms with E-state index in [-0.39, 0.29) is 6.10 Å². The van der Waals surface area contributed by atoms with Crippen molar-refractivity contribution in [2.45, 2.75) is 6.10 Å². The molecule has 4 heteroatoms. The molecule has 74 valence electrons. The van der Waals surface area contributed by atoms with E-state index in [1.54, 1.807) is 0 Å². The van der Waals surface area contributed by atoms with Crippen molar-refractivity contribution in [2.24, 2.45) is 5.29 Å². The Morgan fingerprint density at radius 2 is 2.14 bits per heavy atom. The lowest BCUT2D eigenvalue weighted by molar-refractivity contribution is -0.0299. The fourth-order valence-corrected chi connectivity index (χ4v) is 1.58. The monoisotopic (exact) mass is 192 g/mol. The maximum absolute atomic E-state index is 10.4. The van der Waals surface area contributed by atoms with Crippen molar-refractivity contribution < 1.29 is 4.74 Å². The summed E-state index contributed by atoms with van der Waals surface area (Å²) in [5.41, 5.74) is 1.10. The van der Waals surface area contributed by atoms with Crippen LogP contribution in [-0.4, -0.2) is 24.7 Å². The van der Waals surface area contributed by atoms with Crippen molar-refractivity contribution in [3.05, 3.63) is 40.8 Å². The number of benzene rings is 1. The second kappa shape index (κ2) is 4.19. The molecule has 4 nitrogen and oxygen atoms in total. The Balaban J connectivity index is 2.08. The molecule has 1 saturated heterocycles. The average molecular weight is 192 g/mol. The van der Waals surface area contributed by atoms with Crippen LogP contribution in [0.1, 0.15) is 11.7 Å². The zero-order chi connectivity index (χ0) is 9.80. The molecule has 0 aliphatic carbocycles. The molecule has 0 N–H and O–H groups in total. The number of hydrogen-bond acceptors (Lipinski definition) is 3. The van der Waals surface area contributed by atoms with Gasteiger partial charge in [-0.05, 0) is 5.56 Å². The third-order valence-electron chi connectivity index (χ3n) is 2.33. The molecule has 0 bridgehead atoms. The first-order valence-corrected chi connectivity index (χ1v) is 4.65. The Kier molecular flexibility index (Phi) is 2.74. The summed E-state index contributed by atoms with van der Waals surface area (Å²) in [6, 6.07) is 9.89. The summed E-state index contributed by atoms with van der Waals surface area (Å²) in [7, 11) is 0. The minimum atomic E-state index is -0.0253. The van der Waals surface area contributed by atoms with Crippen molar-refractivity contribution >= 4 is 0 Å². The molecular weight excluding hydrogens is 180 g/mol. The zero-order valence-electron chi connectivity index (χ0n) is 7.80. The van der Waals surface area contributed by atoms with Crippen molar-refractivity contribution in [1.82, 2.24) is 5.01 Å². The van der Waals surface area contributed by atoms with Gasteiger partial charge in [0.1, 0.15) is 6.10 Å². The Morgan fingerprint density at radius 3 is 2.86 bits per heavy atom. The predicted octanol–water partition coefficient (Wildman–Crippen LogP) is 1.74. The summed E-state index contributed by atoms with van der Waals surface area (Å²) < 4.78 is 5.56. The van der Waals surface area contributed by atoms with Crippen LogP contribution in [0.4, 0.5) is 0 Å². The first-order valence-electron chi connectivity index (χ1n) is 4.65. The molecular formula is C10H12N2O2. The summed E-state index contributed by atoms with van der Waals surface area (Å²) in [6.45, 7) is 1.70. The topological polar surface area (TPSA) is 41.9 Å². The molecule has 0 spiro atoms. The molecule has 1 fully saturated rings. The van der Waals surface area contributed by atoms with Gasteiger partial charge in [0.15, 0.2) is 0 Å². The van der Waals surface area contributed by atoms with E-state index in [1.807, 2.05) is 30.3 Å². The van der Waals surface area contributed by atoms with Crippen molar-refractivity contribution in [2.75, 3.05) is 19.7 Å². The third kappa shape index (κ3) is 1.90. The van der Waals surface area contributed by atoms with Crippen molar-refractivity contribution in [3.63, 3.8) is 0 Å². The summed E-state index contributed by atoms with van der Waals surface area (Å²) in [6.07, 6.45) is -0.0253. The Labute approximate surface area is 82.4 Å². The van der Waals surface area contributed by atoms with Gasteiger partial charge in [-0.25, -0.2) is 0 Å². The van der Waals surface area contributed by atoms with Crippen LogP contribution in [0.3, 0.4) is 0 Å². The van der Waals surface area contributed by atoms with Crippen LogP contribution in [0.2, 0.25) is 0 Å². The third-order valence-corrected chi connectivity index (χ3v) is 2.33. The Bertz CT molecular complexity index is 302. The van der Waals surface area contributed by atoms with Crippen LogP contribution in [0.25, 0.3) is 0 Å². The molecule has 1 aromatic carbocycles. The van der Waals surface area contributed by atoms with Gasteiger partial charge in [-0.3, -0.25) is 5.01 Å². The zero-order valence-corrected chi connectivity index (χ0v) is 7.80. The molecule has 0 saturated carbocycles. The van der Waals surface area contributed by atoms with Gasteiger partial charge in [0.2, 0.25) is 0 Å². The molecule has 0 aromatic heterocycles.